The van der Waals surface area contributed by atoms with Crippen LogP contribution < -0.4 is 10.9 Å². The molecular weight excluding hydrogens is 214 g/mol. The van der Waals surface area contributed by atoms with Gasteiger partial charge in [-0.05, 0) is 24.7 Å². The van der Waals surface area contributed by atoms with E-state index in [1.54, 1.807) is 0 Å². The van der Waals surface area contributed by atoms with Gasteiger partial charge in [-0.25, -0.2) is 0 Å². The molecule has 0 spiro atoms. The largest absolute Gasteiger partial charge is 0.326 e. The number of nitrogens with one attached hydrogen (secondary N) is 2. The second kappa shape index (κ2) is 5.47. The van der Waals surface area contributed by atoms with E-state index in [1.807, 2.05) is 6.92 Å². The molecule has 1 aromatic heterocycles. The summed E-state index contributed by atoms with van der Waals surface area (Å²) in [4.78, 5) is 17.3. The van der Waals surface area contributed by atoms with Crippen molar-refractivity contribution in [3.63, 3.8) is 0 Å². The van der Waals surface area contributed by atoms with Crippen LogP contribution >= 0.6 is 0 Å². The van der Waals surface area contributed by atoms with Gasteiger partial charge in [-0.2, -0.15) is 0 Å². The average Bonchev–Trinajstić information content (AvgIpc) is 2.35. The monoisotopic (exact) mass is 235 g/mol. The summed E-state index contributed by atoms with van der Waals surface area (Å²) in [7, 11) is 0. The molecule has 0 aliphatic carbocycles. The van der Waals surface area contributed by atoms with E-state index < -0.39 is 0 Å². The third-order valence-electron chi connectivity index (χ3n) is 3.38. The van der Waals surface area contributed by atoms with Crippen LogP contribution in [0.1, 0.15) is 30.7 Å². The van der Waals surface area contributed by atoms with Crippen LogP contribution in [0.2, 0.25) is 0 Å². The van der Waals surface area contributed by atoms with E-state index in [2.05, 4.69) is 28.2 Å². The third kappa shape index (κ3) is 2.76. The molecule has 1 aliphatic heterocycles. The summed E-state index contributed by atoms with van der Waals surface area (Å²) in [6, 6.07) is 2.07. The number of fused-ring (bicyclic) bond motifs is 1. The van der Waals surface area contributed by atoms with Crippen molar-refractivity contribution in [1.82, 2.24) is 15.2 Å². The van der Waals surface area contributed by atoms with Crippen molar-refractivity contribution in [1.29, 1.82) is 0 Å². The van der Waals surface area contributed by atoms with Crippen LogP contribution in [0.4, 0.5) is 0 Å². The molecule has 2 heterocycles. The highest BCUT2D eigenvalue weighted by atomic mass is 16.1. The summed E-state index contributed by atoms with van der Waals surface area (Å²) < 4.78 is 0. The lowest BCUT2D eigenvalue weighted by molar-refractivity contribution is 0.265. The highest BCUT2D eigenvalue weighted by molar-refractivity contribution is 5.27. The second-order valence-corrected chi connectivity index (χ2v) is 4.53. The number of H-pyrrole nitrogens is 1. The fourth-order valence-corrected chi connectivity index (χ4v) is 2.28. The quantitative estimate of drug-likeness (QED) is 0.814. The Morgan fingerprint density at radius 2 is 2.29 bits per heavy atom. The lowest BCUT2D eigenvalue weighted by atomic mass is 10.0. The summed E-state index contributed by atoms with van der Waals surface area (Å²) >= 11 is 0. The smallest absolute Gasteiger partial charge is 0.252 e. The maximum Gasteiger partial charge on any atom is 0.252 e. The first-order valence-electron chi connectivity index (χ1n) is 6.41. The molecule has 17 heavy (non-hydrogen) atoms. The van der Waals surface area contributed by atoms with Crippen molar-refractivity contribution in [2.45, 2.75) is 33.4 Å². The Morgan fingerprint density at radius 1 is 1.47 bits per heavy atom. The van der Waals surface area contributed by atoms with Crippen molar-refractivity contribution in [2.24, 2.45) is 0 Å². The first kappa shape index (κ1) is 12.3. The summed E-state index contributed by atoms with van der Waals surface area (Å²) in [6.45, 7) is 8.85. The number of hydrogen-bond donors (Lipinski definition) is 2. The maximum absolute atomic E-state index is 11.8. The summed E-state index contributed by atoms with van der Waals surface area (Å²) in [5, 5.41) is 3.20. The van der Waals surface area contributed by atoms with Crippen molar-refractivity contribution in [2.75, 3.05) is 19.6 Å². The van der Waals surface area contributed by atoms with Gasteiger partial charge >= 0.3 is 0 Å². The molecule has 2 rings (SSSR count). The molecule has 0 unspecified atom stereocenters. The van der Waals surface area contributed by atoms with E-state index in [0.29, 0.717) is 6.54 Å². The molecular formula is C13H21N3O. The second-order valence-electron chi connectivity index (χ2n) is 4.53. The summed E-state index contributed by atoms with van der Waals surface area (Å²) in [6.07, 6.45) is 0.958. The minimum absolute atomic E-state index is 0.0645. The van der Waals surface area contributed by atoms with Crippen molar-refractivity contribution in [3.8, 4) is 0 Å². The first-order valence-corrected chi connectivity index (χ1v) is 6.41. The highest BCUT2D eigenvalue weighted by Crippen LogP contribution is 2.16. The molecule has 0 bridgehead atoms. The van der Waals surface area contributed by atoms with Crippen molar-refractivity contribution >= 4 is 0 Å². The van der Waals surface area contributed by atoms with Gasteiger partial charge in [0.2, 0.25) is 0 Å². The van der Waals surface area contributed by atoms with E-state index in [1.165, 1.54) is 5.56 Å². The van der Waals surface area contributed by atoms with Crippen LogP contribution in [0, 0.1) is 0 Å². The zero-order valence-corrected chi connectivity index (χ0v) is 10.7. The Morgan fingerprint density at radius 3 is 3.00 bits per heavy atom. The molecule has 0 amide bonds. The number of aromatic nitrogens is 1. The van der Waals surface area contributed by atoms with Crippen LogP contribution in [-0.2, 0) is 19.5 Å². The minimum Gasteiger partial charge on any atom is -0.326 e. The molecule has 0 saturated heterocycles. The van der Waals surface area contributed by atoms with Gasteiger partial charge in [0.1, 0.15) is 0 Å². The summed E-state index contributed by atoms with van der Waals surface area (Å²) in [5.41, 5.74) is 3.32. The van der Waals surface area contributed by atoms with E-state index in [9.17, 15) is 4.79 Å². The number of hydrogen-bond acceptors (Lipinski definition) is 3. The van der Waals surface area contributed by atoms with Gasteiger partial charge in [-0.15, -0.1) is 0 Å². The first-order chi connectivity index (χ1) is 8.24. The fraction of sp³-hybridized carbons (Fsp3) is 0.615. The van der Waals surface area contributed by atoms with Gasteiger partial charge in [-0.1, -0.05) is 13.8 Å². The normalized spacial score (nSPS) is 15.9. The topological polar surface area (TPSA) is 48.1 Å². The van der Waals surface area contributed by atoms with Crippen LogP contribution in [-0.4, -0.2) is 29.5 Å². The molecule has 1 aliphatic rings. The average molecular weight is 235 g/mol. The molecule has 2 N–H and O–H groups in total. The van der Waals surface area contributed by atoms with Gasteiger partial charge in [0.25, 0.3) is 5.56 Å². The zero-order chi connectivity index (χ0) is 12.3. The van der Waals surface area contributed by atoms with E-state index >= 15 is 0 Å². The molecule has 0 saturated carbocycles. The minimum atomic E-state index is 0.0645. The Kier molecular flexibility index (Phi) is 3.97. The van der Waals surface area contributed by atoms with E-state index in [0.717, 1.165) is 43.9 Å². The van der Waals surface area contributed by atoms with Gasteiger partial charge in [0.05, 0.1) is 0 Å². The molecule has 1 aromatic rings. The van der Waals surface area contributed by atoms with Gasteiger partial charge in [0.15, 0.2) is 0 Å². The van der Waals surface area contributed by atoms with E-state index in [-0.39, 0.29) is 5.56 Å². The zero-order valence-electron chi connectivity index (χ0n) is 10.7. The Labute approximate surface area is 102 Å². The maximum atomic E-state index is 11.8. The number of nitrogens with zero attached hydrogens (tertiary/aromatic N) is 1. The fourth-order valence-electron chi connectivity index (χ4n) is 2.28. The predicted molar refractivity (Wildman–Crippen MR) is 69.1 cm³/mol. The van der Waals surface area contributed by atoms with Crippen LogP contribution in [0.3, 0.4) is 0 Å². The molecule has 4 heteroatoms. The Bertz CT molecular complexity index is 439. The predicted octanol–water partition coefficient (Wildman–Crippen LogP) is 0.862. The molecule has 0 atom stereocenters. The van der Waals surface area contributed by atoms with Crippen molar-refractivity contribution in [3.05, 3.63) is 33.2 Å². The van der Waals surface area contributed by atoms with Gasteiger partial charge in [0, 0.05) is 37.3 Å². The Balaban J connectivity index is 2.24. The lowest BCUT2D eigenvalue weighted by Gasteiger charge is -2.27. The Hall–Kier alpha value is -1.13. The van der Waals surface area contributed by atoms with Crippen molar-refractivity contribution < 1.29 is 0 Å². The standard InChI is InChI=1S/C13H21N3O/c1-3-14-8-10-7-11-9-16(4-2)6-5-12(11)15-13(10)17/h7,14H,3-6,8-9H2,1-2H3,(H,15,17). The molecule has 0 aromatic carbocycles. The molecule has 0 fully saturated rings. The number of likely N-dealkylation sites (N-methyl/N-ethyl adjacent to an activating group) is 1. The number of pyridine rings is 1. The van der Waals surface area contributed by atoms with E-state index in [4.69, 9.17) is 0 Å². The molecule has 4 nitrogen and oxygen atoms in total. The molecule has 0 radical (unpaired) electrons. The summed E-state index contributed by atoms with van der Waals surface area (Å²) in [5.74, 6) is 0. The number of aromatic amines is 1. The van der Waals surface area contributed by atoms with Gasteiger partial charge < -0.3 is 10.3 Å². The van der Waals surface area contributed by atoms with Gasteiger partial charge in [-0.3, -0.25) is 9.69 Å². The molecule has 94 valence electrons. The number of rotatable bonds is 4. The van der Waals surface area contributed by atoms with Crippen LogP contribution in [0.5, 0.6) is 0 Å². The highest BCUT2D eigenvalue weighted by Gasteiger charge is 2.16. The SMILES string of the molecule is CCNCc1cc2c([nH]c1=O)CCN(CC)C2. The third-order valence-corrected chi connectivity index (χ3v) is 3.38. The van der Waals surface area contributed by atoms with Crippen LogP contribution in [0.15, 0.2) is 10.9 Å². The lowest BCUT2D eigenvalue weighted by Crippen LogP contribution is -2.33. The van der Waals surface area contributed by atoms with Crippen LogP contribution in [0.25, 0.3) is 0 Å².